The molecule has 2 aromatic rings. The lowest BCUT2D eigenvalue weighted by Gasteiger charge is -2.29. The second-order valence-electron chi connectivity index (χ2n) is 4.66. The van der Waals surface area contributed by atoms with Crippen LogP contribution < -0.4 is 4.90 Å². The molecule has 0 bridgehead atoms. The van der Waals surface area contributed by atoms with Crippen LogP contribution in [0.5, 0.6) is 0 Å². The van der Waals surface area contributed by atoms with Gasteiger partial charge in [-0.3, -0.25) is 4.90 Å². The second kappa shape index (κ2) is 5.24. The molecular formula is C15H12N4O2S. The molecule has 1 aliphatic heterocycles. The van der Waals surface area contributed by atoms with Crippen molar-refractivity contribution in [3.63, 3.8) is 0 Å². The predicted molar refractivity (Wildman–Crippen MR) is 82.4 cm³/mol. The van der Waals surface area contributed by atoms with Crippen molar-refractivity contribution in [2.24, 2.45) is 4.40 Å². The fraction of sp³-hybridized carbons (Fsp3) is 0.133. The number of sulfonamides is 1. The van der Waals surface area contributed by atoms with Gasteiger partial charge in [-0.15, -0.1) is 4.40 Å². The van der Waals surface area contributed by atoms with Gasteiger partial charge in [-0.1, -0.05) is 13.0 Å². The van der Waals surface area contributed by atoms with E-state index in [-0.39, 0.29) is 4.90 Å². The van der Waals surface area contributed by atoms with E-state index in [0.29, 0.717) is 29.3 Å². The van der Waals surface area contributed by atoms with Crippen LogP contribution in [0, 0.1) is 11.3 Å². The number of aromatic nitrogens is 1. The lowest BCUT2D eigenvalue weighted by molar-refractivity contribution is 0.596. The van der Waals surface area contributed by atoms with Crippen LogP contribution in [0.25, 0.3) is 0 Å². The number of nitriles is 1. The Morgan fingerprint density at radius 1 is 1.27 bits per heavy atom. The Morgan fingerprint density at radius 2 is 2.09 bits per heavy atom. The summed E-state index contributed by atoms with van der Waals surface area (Å²) in [6, 6.07) is 12.0. The van der Waals surface area contributed by atoms with Crippen molar-refractivity contribution in [3.8, 4) is 6.07 Å². The molecule has 7 heteroatoms. The third-order valence-electron chi connectivity index (χ3n) is 3.27. The van der Waals surface area contributed by atoms with Gasteiger partial charge in [0.05, 0.1) is 17.3 Å². The largest absolute Gasteiger partial charge is 0.287 e. The number of benzene rings is 1. The third-order valence-corrected chi connectivity index (χ3v) is 4.60. The quantitative estimate of drug-likeness (QED) is 0.850. The highest BCUT2D eigenvalue weighted by atomic mass is 32.2. The van der Waals surface area contributed by atoms with E-state index in [2.05, 4.69) is 15.5 Å². The van der Waals surface area contributed by atoms with Crippen LogP contribution in [-0.2, 0) is 10.0 Å². The van der Waals surface area contributed by atoms with E-state index in [4.69, 9.17) is 5.26 Å². The van der Waals surface area contributed by atoms with Crippen molar-refractivity contribution in [3.05, 3.63) is 48.2 Å². The van der Waals surface area contributed by atoms with Crippen LogP contribution in [0.3, 0.4) is 0 Å². The molecule has 110 valence electrons. The number of hydrogen-bond donors (Lipinski definition) is 0. The number of pyridine rings is 1. The van der Waals surface area contributed by atoms with Crippen molar-refractivity contribution in [2.45, 2.75) is 18.2 Å². The molecule has 0 N–H and O–H groups in total. The van der Waals surface area contributed by atoms with E-state index < -0.39 is 10.0 Å². The first kappa shape index (κ1) is 14.2. The Kier molecular flexibility index (Phi) is 3.39. The smallest absolute Gasteiger partial charge is 0.281 e. The van der Waals surface area contributed by atoms with Gasteiger partial charge in [0.1, 0.15) is 10.7 Å². The molecule has 1 aliphatic rings. The summed E-state index contributed by atoms with van der Waals surface area (Å²) >= 11 is 0. The van der Waals surface area contributed by atoms with Crippen LogP contribution in [-0.4, -0.2) is 19.2 Å². The van der Waals surface area contributed by atoms with Gasteiger partial charge in [-0.2, -0.15) is 13.7 Å². The maximum Gasteiger partial charge on any atom is 0.287 e. The summed E-state index contributed by atoms with van der Waals surface area (Å²) in [4.78, 5) is 5.95. The van der Waals surface area contributed by atoms with E-state index in [1.807, 2.05) is 6.92 Å². The summed E-state index contributed by atoms with van der Waals surface area (Å²) in [6.07, 6.45) is 1.96. The number of rotatable bonds is 2. The molecule has 0 fully saturated rings. The summed E-state index contributed by atoms with van der Waals surface area (Å²) in [5, 5.41) is 9.05. The standard InChI is InChI=1S/C15H12N4O2S/c1-2-14-18-22(20,21)13-7-4-8-17-15(13)19(14)12-6-3-5-11(9-12)10-16/h3-9H,2H2,1H3. The minimum atomic E-state index is -3.74. The van der Waals surface area contributed by atoms with Crippen molar-refractivity contribution in [1.82, 2.24) is 4.98 Å². The molecule has 22 heavy (non-hydrogen) atoms. The molecule has 0 saturated heterocycles. The fourth-order valence-electron chi connectivity index (χ4n) is 2.31. The molecule has 0 spiro atoms. The first-order chi connectivity index (χ1) is 10.6. The summed E-state index contributed by atoms with van der Waals surface area (Å²) in [7, 11) is -3.74. The number of fused-ring (bicyclic) bond motifs is 1. The first-order valence-corrected chi connectivity index (χ1v) is 8.10. The van der Waals surface area contributed by atoms with Crippen LogP contribution in [0.4, 0.5) is 11.5 Å². The van der Waals surface area contributed by atoms with E-state index in [0.717, 1.165) is 0 Å². The van der Waals surface area contributed by atoms with Gasteiger partial charge in [0, 0.05) is 12.6 Å². The molecule has 0 atom stereocenters. The monoisotopic (exact) mass is 312 g/mol. The van der Waals surface area contributed by atoms with Crippen molar-refractivity contribution < 1.29 is 8.42 Å². The molecule has 0 radical (unpaired) electrons. The fourth-order valence-corrected chi connectivity index (χ4v) is 3.52. The Hall–Kier alpha value is -2.72. The van der Waals surface area contributed by atoms with Crippen LogP contribution in [0.2, 0.25) is 0 Å². The van der Waals surface area contributed by atoms with E-state index in [1.54, 1.807) is 35.2 Å². The van der Waals surface area contributed by atoms with Crippen molar-refractivity contribution >= 4 is 27.4 Å². The lowest BCUT2D eigenvalue weighted by Crippen LogP contribution is -2.32. The molecule has 2 heterocycles. The number of amidine groups is 1. The molecule has 0 unspecified atom stereocenters. The van der Waals surface area contributed by atoms with Gasteiger partial charge in [0.25, 0.3) is 10.0 Å². The number of nitrogens with zero attached hydrogens (tertiary/aromatic N) is 4. The molecule has 1 aromatic heterocycles. The SMILES string of the molecule is CCC1=NS(=O)(=O)c2cccnc2N1c1cccc(C#N)c1. The van der Waals surface area contributed by atoms with E-state index in [9.17, 15) is 8.42 Å². The summed E-state index contributed by atoms with van der Waals surface area (Å²) in [6.45, 7) is 1.82. The summed E-state index contributed by atoms with van der Waals surface area (Å²) in [5.74, 6) is 0.686. The number of anilines is 2. The molecular weight excluding hydrogens is 300 g/mol. The van der Waals surface area contributed by atoms with Gasteiger partial charge in [-0.05, 0) is 30.3 Å². The minimum Gasteiger partial charge on any atom is -0.281 e. The second-order valence-corrected chi connectivity index (χ2v) is 6.23. The Labute approximate surface area is 128 Å². The normalized spacial score (nSPS) is 15.6. The maximum absolute atomic E-state index is 12.2. The zero-order chi connectivity index (χ0) is 15.7. The van der Waals surface area contributed by atoms with Crippen molar-refractivity contribution in [2.75, 3.05) is 4.90 Å². The maximum atomic E-state index is 12.2. The summed E-state index contributed by atoms with van der Waals surface area (Å²) in [5.41, 5.74) is 1.15. The molecule has 6 nitrogen and oxygen atoms in total. The van der Waals surface area contributed by atoms with Gasteiger partial charge in [-0.25, -0.2) is 4.98 Å². The van der Waals surface area contributed by atoms with Gasteiger partial charge in [0.2, 0.25) is 0 Å². The third kappa shape index (κ3) is 2.23. The van der Waals surface area contributed by atoms with Gasteiger partial charge >= 0.3 is 0 Å². The van der Waals surface area contributed by atoms with Crippen LogP contribution in [0.15, 0.2) is 51.9 Å². The zero-order valence-electron chi connectivity index (χ0n) is 11.8. The topological polar surface area (TPSA) is 86.4 Å². The lowest BCUT2D eigenvalue weighted by atomic mass is 10.2. The van der Waals surface area contributed by atoms with E-state index >= 15 is 0 Å². The summed E-state index contributed by atoms with van der Waals surface area (Å²) < 4.78 is 28.4. The van der Waals surface area contributed by atoms with Crippen LogP contribution in [0.1, 0.15) is 18.9 Å². The number of hydrogen-bond acceptors (Lipinski definition) is 5. The molecule has 3 rings (SSSR count). The highest BCUT2D eigenvalue weighted by Gasteiger charge is 2.31. The molecule has 0 amide bonds. The van der Waals surface area contributed by atoms with Crippen molar-refractivity contribution in [1.29, 1.82) is 5.26 Å². The predicted octanol–water partition coefficient (Wildman–Crippen LogP) is 2.60. The highest BCUT2D eigenvalue weighted by molar-refractivity contribution is 7.90. The molecule has 0 aliphatic carbocycles. The molecule has 0 saturated carbocycles. The Bertz CT molecular complexity index is 913. The van der Waals surface area contributed by atoms with Gasteiger partial charge in [0.15, 0.2) is 5.82 Å². The highest BCUT2D eigenvalue weighted by Crippen LogP contribution is 2.35. The van der Waals surface area contributed by atoms with Crippen LogP contribution >= 0.6 is 0 Å². The average Bonchev–Trinajstić information content (AvgIpc) is 2.54. The average molecular weight is 312 g/mol. The zero-order valence-corrected chi connectivity index (χ0v) is 12.6. The Balaban J connectivity index is 2.27. The molecule has 1 aromatic carbocycles. The van der Waals surface area contributed by atoms with Gasteiger partial charge < -0.3 is 0 Å². The first-order valence-electron chi connectivity index (χ1n) is 6.66. The minimum absolute atomic E-state index is 0.0644. The van der Waals surface area contributed by atoms with E-state index in [1.165, 1.54) is 12.3 Å². The Morgan fingerprint density at radius 3 is 2.82 bits per heavy atom.